The van der Waals surface area contributed by atoms with Gasteiger partial charge in [0.2, 0.25) is 0 Å². The van der Waals surface area contributed by atoms with Crippen molar-refractivity contribution in [3.8, 4) is 0 Å². The minimum atomic E-state index is -0.136. The summed E-state index contributed by atoms with van der Waals surface area (Å²) in [6, 6.07) is 0. The standard InChI is InChI=1S/C10H15NOS/c12-10(8-3-1-2-4-8)5-9-6-11-7-13-9/h6-8,10,12H,1-5H2. The van der Waals surface area contributed by atoms with Crippen molar-refractivity contribution in [3.05, 3.63) is 16.6 Å². The molecule has 0 saturated heterocycles. The Bertz CT molecular complexity index is 241. The van der Waals surface area contributed by atoms with Crippen LogP contribution in [0.2, 0.25) is 0 Å². The van der Waals surface area contributed by atoms with Crippen LogP contribution in [0.3, 0.4) is 0 Å². The molecule has 1 N–H and O–H groups in total. The smallest absolute Gasteiger partial charge is 0.0794 e. The largest absolute Gasteiger partial charge is 0.392 e. The molecule has 1 aromatic rings. The van der Waals surface area contributed by atoms with Crippen molar-refractivity contribution in [2.24, 2.45) is 5.92 Å². The number of aromatic nitrogens is 1. The summed E-state index contributed by atoms with van der Waals surface area (Å²) >= 11 is 1.64. The number of hydrogen-bond donors (Lipinski definition) is 1. The van der Waals surface area contributed by atoms with Crippen molar-refractivity contribution < 1.29 is 5.11 Å². The summed E-state index contributed by atoms with van der Waals surface area (Å²) in [6.45, 7) is 0. The van der Waals surface area contributed by atoms with Gasteiger partial charge in [-0.15, -0.1) is 11.3 Å². The molecule has 1 aliphatic rings. The molecule has 1 aliphatic carbocycles. The van der Waals surface area contributed by atoms with Crippen molar-refractivity contribution in [2.45, 2.75) is 38.2 Å². The van der Waals surface area contributed by atoms with Crippen LogP contribution >= 0.6 is 11.3 Å². The molecule has 2 nitrogen and oxygen atoms in total. The molecule has 1 heterocycles. The van der Waals surface area contributed by atoms with Crippen LogP contribution in [0.5, 0.6) is 0 Å². The second-order valence-corrected chi connectivity index (χ2v) is 4.75. The predicted octanol–water partition coefficient (Wildman–Crippen LogP) is 2.24. The van der Waals surface area contributed by atoms with Gasteiger partial charge < -0.3 is 5.11 Å². The third kappa shape index (κ3) is 2.29. The fraction of sp³-hybridized carbons (Fsp3) is 0.700. The van der Waals surface area contributed by atoms with Gasteiger partial charge in [0.15, 0.2) is 0 Å². The molecule has 2 rings (SSSR count). The zero-order valence-corrected chi connectivity index (χ0v) is 8.46. The first-order valence-corrected chi connectivity index (χ1v) is 5.79. The molecule has 72 valence electrons. The number of hydrogen-bond acceptors (Lipinski definition) is 3. The van der Waals surface area contributed by atoms with Crippen LogP contribution in [-0.4, -0.2) is 16.2 Å². The van der Waals surface area contributed by atoms with Crippen molar-refractivity contribution in [2.75, 3.05) is 0 Å². The Hall–Kier alpha value is -0.410. The Morgan fingerprint density at radius 2 is 2.31 bits per heavy atom. The predicted molar refractivity (Wildman–Crippen MR) is 53.8 cm³/mol. The van der Waals surface area contributed by atoms with E-state index in [0.717, 1.165) is 6.42 Å². The Morgan fingerprint density at radius 3 is 2.92 bits per heavy atom. The first-order chi connectivity index (χ1) is 6.36. The summed E-state index contributed by atoms with van der Waals surface area (Å²) in [4.78, 5) is 5.22. The molecule has 1 aromatic heterocycles. The van der Waals surface area contributed by atoms with E-state index in [0.29, 0.717) is 5.92 Å². The highest BCUT2D eigenvalue weighted by Gasteiger charge is 2.23. The minimum Gasteiger partial charge on any atom is -0.392 e. The first-order valence-electron chi connectivity index (χ1n) is 4.91. The van der Waals surface area contributed by atoms with E-state index in [1.807, 2.05) is 11.7 Å². The van der Waals surface area contributed by atoms with Crippen LogP contribution in [0, 0.1) is 5.92 Å². The second kappa shape index (κ2) is 4.20. The van der Waals surface area contributed by atoms with Gasteiger partial charge >= 0.3 is 0 Å². The van der Waals surface area contributed by atoms with Crippen molar-refractivity contribution in [1.29, 1.82) is 0 Å². The van der Waals surface area contributed by atoms with Crippen molar-refractivity contribution in [1.82, 2.24) is 4.98 Å². The molecule has 13 heavy (non-hydrogen) atoms. The van der Waals surface area contributed by atoms with Gasteiger partial charge in [0.25, 0.3) is 0 Å². The van der Waals surface area contributed by atoms with Crippen LogP contribution in [0.15, 0.2) is 11.7 Å². The van der Waals surface area contributed by atoms with Crippen LogP contribution in [0.4, 0.5) is 0 Å². The Kier molecular flexibility index (Phi) is 2.96. The van der Waals surface area contributed by atoms with E-state index in [-0.39, 0.29) is 6.10 Å². The molecule has 1 atom stereocenters. The minimum absolute atomic E-state index is 0.136. The maximum absolute atomic E-state index is 9.90. The Labute approximate surface area is 82.6 Å². The van der Waals surface area contributed by atoms with E-state index in [4.69, 9.17) is 0 Å². The summed E-state index contributed by atoms with van der Waals surface area (Å²) in [5.41, 5.74) is 1.83. The fourth-order valence-electron chi connectivity index (χ4n) is 2.06. The highest BCUT2D eigenvalue weighted by atomic mass is 32.1. The van der Waals surface area contributed by atoms with E-state index in [1.165, 1.54) is 30.6 Å². The summed E-state index contributed by atoms with van der Waals surface area (Å²) in [5, 5.41) is 9.90. The van der Waals surface area contributed by atoms with E-state index in [2.05, 4.69) is 4.98 Å². The molecule has 0 aromatic carbocycles. The fourth-order valence-corrected chi connectivity index (χ4v) is 2.70. The monoisotopic (exact) mass is 197 g/mol. The molecular weight excluding hydrogens is 182 g/mol. The van der Waals surface area contributed by atoms with Crippen molar-refractivity contribution in [3.63, 3.8) is 0 Å². The van der Waals surface area contributed by atoms with Gasteiger partial charge in [0.1, 0.15) is 0 Å². The number of thiazole rings is 1. The van der Waals surface area contributed by atoms with E-state index in [1.54, 1.807) is 11.3 Å². The number of rotatable bonds is 3. The molecule has 1 saturated carbocycles. The Morgan fingerprint density at radius 1 is 1.54 bits per heavy atom. The molecule has 0 radical (unpaired) electrons. The number of aliphatic hydroxyl groups excluding tert-OH is 1. The average Bonchev–Trinajstić information content (AvgIpc) is 2.74. The third-order valence-corrected chi connectivity index (χ3v) is 3.64. The zero-order chi connectivity index (χ0) is 9.10. The highest BCUT2D eigenvalue weighted by Crippen LogP contribution is 2.29. The number of aliphatic hydroxyl groups is 1. The van der Waals surface area contributed by atoms with Gasteiger partial charge in [-0.05, 0) is 18.8 Å². The van der Waals surface area contributed by atoms with Gasteiger partial charge in [-0.1, -0.05) is 12.8 Å². The second-order valence-electron chi connectivity index (χ2n) is 3.78. The molecular formula is C10H15NOS. The first kappa shape index (κ1) is 9.16. The van der Waals surface area contributed by atoms with Gasteiger partial charge in [0, 0.05) is 17.5 Å². The van der Waals surface area contributed by atoms with E-state index < -0.39 is 0 Å². The molecule has 1 unspecified atom stereocenters. The summed E-state index contributed by atoms with van der Waals surface area (Å²) in [6.07, 6.45) is 7.54. The molecule has 3 heteroatoms. The van der Waals surface area contributed by atoms with Gasteiger partial charge in [-0.3, -0.25) is 4.98 Å². The van der Waals surface area contributed by atoms with Gasteiger partial charge in [-0.25, -0.2) is 0 Å². The molecule has 0 spiro atoms. The van der Waals surface area contributed by atoms with Crippen LogP contribution < -0.4 is 0 Å². The lowest BCUT2D eigenvalue weighted by Gasteiger charge is -2.16. The maximum Gasteiger partial charge on any atom is 0.0794 e. The number of nitrogens with zero attached hydrogens (tertiary/aromatic N) is 1. The lowest BCUT2D eigenvalue weighted by atomic mass is 9.98. The lowest BCUT2D eigenvalue weighted by Crippen LogP contribution is -2.19. The van der Waals surface area contributed by atoms with E-state index in [9.17, 15) is 5.11 Å². The third-order valence-electron chi connectivity index (χ3n) is 2.84. The molecule has 0 aliphatic heterocycles. The normalized spacial score (nSPS) is 20.7. The van der Waals surface area contributed by atoms with Gasteiger partial charge in [-0.2, -0.15) is 0 Å². The van der Waals surface area contributed by atoms with Gasteiger partial charge in [0.05, 0.1) is 11.6 Å². The van der Waals surface area contributed by atoms with E-state index >= 15 is 0 Å². The molecule has 1 fully saturated rings. The molecule has 0 bridgehead atoms. The molecule has 0 amide bonds. The highest BCUT2D eigenvalue weighted by molar-refractivity contribution is 7.09. The SMILES string of the molecule is OC(Cc1cncs1)C1CCCC1. The maximum atomic E-state index is 9.90. The topological polar surface area (TPSA) is 33.1 Å². The Balaban J connectivity index is 1.87. The van der Waals surface area contributed by atoms with Crippen LogP contribution in [-0.2, 0) is 6.42 Å². The average molecular weight is 197 g/mol. The lowest BCUT2D eigenvalue weighted by molar-refractivity contribution is 0.112. The summed E-state index contributed by atoms with van der Waals surface area (Å²) in [7, 11) is 0. The quantitative estimate of drug-likeness (QED) is 0.806. The zero-order valence-electron chi connectivity index (χ0n) is 7.65. The van der Waals surface area contributed by atoms with Crippen LogP contribution in [0.1, 0.15) is 30.6 Å². The van der Waals surface area contributed by atoms with Crippen molar-refractivity contribution >= 4 is 11.3 Å². The summed E-state index contributed by atoms with van der Waals surface area (Å²) in [5.74, 6) is 0.544. The summed E-state index contributed by atoms with van der Waals surface area (Å²) < 4.78 is 0. The van der Waals surface area contributed by atoms with Crippen LogP contribution in [0.25, 0.3) is 0 Å².